The van der Waals surface area contributed by atoms with Crippen LogP contribution in [0.1, 0.15) is 106 Å². The molecule has 0 saturated carbocycles. The lowest BCUT2D eigenvalue weighted by Crippen LogP contribution is -2.60. The Bertz CT molecular complexity index is 2530. The van der Waals surface area contributed by atoms with Gasteiger partial charge in [0, 0.05) is 14.0 Å². The molecular weight excluding hydrogens is 919 g/mol. The first kappa shape index (κ1) is 58.4. The van der Waals surface area contributed by atoms with Crippen molar-refractivity contribution in [2.75, 3.05) is 7.05 Å². The van der Waals surface area contributed by atoms with Crippen molar-refractivity contribution in [3.8, 4) is 0 Å². The van der Waals surface area contributed by atoms with Crippen LogP contribution in [0.5, 0.6) is 0 Å². The minimum atomic E-state index is -1.79. The van der Waals surface area contributed by atoms with E-state index in [-0.39, 0.29) is 28.9 Å². The molecule has 0 aliphatic rings. The van der Waals surface area contributed by atoms with Crippen LogP contribution in [0.15, 0.2) is 108 Å². The SMILES string of the molecule is CNC(=O)[C@@H](CC(C)C)NC(=O)/C(=C/c1ccccc1)NC(=O)C(C)(C)NC(=O)/C(=C/c1ccccc1)NC(=O)C(C)(C)NC(=O)/C(=C/c1ccccc1)NC(=O)C(C)(C)NC(=O)[C@H](CC(C)C)NC(C)=O. The monoisotopic (exact) mass is 990 g/mol. The van der Waals surface area contributed by atoms with Crippen LogP contribution in [0.2, 0.25) is 0 Å². The molecule has 2 atom stereocenters. The van der Waals surface area contributed by atoms with Gasteiger partial charge in [-0.05, 0) is 101 Å². The molecule has 0 aliphatic carbocycles. The highest BCUT2D eigenvalue weighted by Gasteiger charge is 2.38. The van der Waals surface area contributed by atoms with E-state index in [1.807, 2.05) is 27.7 Å². The summed E-state index contributed by atoms with van der Waals surface area (Å²) in [6.45, 7) is 17.2. The van der Waals surface area contributed by atoms with Crippen molar-refractivity contribution in [3.63, 3.8) is 0 Å². The summed E-state index contributed by atoms with van der Waals surface area (Å²) in [5, 5.41) is 23.6. The summed E-state index contributed by atoms with van der Waals surface area (Å²) >= 11 is 0. The highest BCUT2D eigenvalue weighted by Crippen LogP contribution is 2.16. The van der Waals surface area contributed by atoms with Crippen molar-refractivity contribution < 1.29 is 43.2 Å². The molecule has 0 radical (unpaired) electrons. The van der Waals surface area contributed by atoms with Gasteiger partial charge in [-0.25, -0.2) is 0 Å². The summed E-state index contributed by atoms with van der Waals surface area (Å²) in [7, 11) is 1.45. The van der Waals surface area contributed by atoms with Crippen molar-refractivity contribution >= 4 is 71.4 Å². The Balaban J connectivity index is 1.92. The van der Waals surface area contributed by atoms with Crippen LogP contribution in [0, 0.1) is 11.8 Å². The van der Waals surface area contributed by atoms with Gasteiger partial charge < -0.3 is 47.9 Å². The van der Waals surface area contributed by atoms with E-state index >= 15 is 0 Å². The van der Waals surface area contributed by atoms with Gasteiger partial charge in [-0.15, -0.1) is 0 Å². The standard InChI is InChI=1S/C54H71N9O9/c1-33(2)28-39(44(65)55-12)57-45(66)41(30-36-22-16-13-17-23-36)58-49(70)52(6,7)62-47(68)42(31-37-24-18-14-19-25-37)60-51(72)54(10,11)63-48(69)43(32-38-26-20-15-21-27-38)59-50(71)53(8,9)61-46(67)40(29-34(3)4)56-35(5)64/h13-27,30-34,39-40H,28-29H2,1-12H3,(H,55,65)(H,56,64)(H,57,66)(H,58,70)(H,59,71)(H,60,72)(H,61,67)(H,62,68)(H,63,69)/b41-30-,42-31-,43-32-/t39-,40+/m1/s1. The van der Waals surface area contributed by atoms with Gasteiger partial charge in [-0.2, -0.15) is 0 Å². The average molecular weight is 990 g/mol. The molecule has 3 aromatic carbocycles. The maximum absolute atomic E-state index is 14.3. The number of carbonyl (C=O) groups excluding carboxylic acids is 9. The molecule has 0 heterocycles. The molecule has 9 amide bonds. The number of likely N-dealkylation sites (N-methyl/N-ethyl adjacent to an activating group) is 1. The topological polar surface area (TPSA) is 262 Å². The third-order valence-corrected chi connectivity index (χ3v) is 10.8. The maximum Gasteiger partial charge on any atom is 0.268 e. The first-order valence-corrected chi connectivity index (χ1v) is 23.6. The van der Waals surface area contributed by atoms with E-state index in [9.17, 15) is 43.2 Å². The van der Waals surface area contributed by atoms with Gasteiger partial charge in [-0.1, -0.05) is 119 Å². The molecule has 18 nitrogen and oxygen atoms in total. The molecule has 3 rings (SSSR count). The number of hydrogen-bond donors (Lipinski definition) is 9. The minimum absolute atomic E-state index is 0.0289. The van der Waals surface area contributed by atoms with Crippen molar-refractivity contribution in [1.82, 2.24) is 47.9 Å². The second-order valence-corrected chi connectivity index (χ2v) is 19.7. The van der Waals surface area contributed by atoms with Crippen LogP contribution in [0.25, 0.3) is 18.2 Å². The van der Waals surface area contributed by atoms with E-state index in [0.717, 1.165) is 0 Å². The summed E-state index contributed by atoms with van der Waals surface area (Å²) in [4.78, 5) is 122. The Labute approximate surface area is 422 Å². The highest BCUT2D eigenvalue weighted by atomic mass is 16.2. The summed E-state index contributed by atoms with van der Waals surface area (Å²) in [5.41, 5.74) is -4.43. The summed E-state index contributed by atoms with van der Waals surface area (Å²) in [6, 6.07) is 23.9. The Morgan fingerprint density at radius 2 is 0.750 bits per heavy atom. The maximum atomic E-state index is 14.3. The number of carbonyl (C=O) groups is 9. The van der Waals surface area contributed by atoms with Crippen LogP contribution >= 0.6 is 0 Å². The zero-order valence-corrected chi connectivity index (χ0v) is 43.3. The molecule has 0 aromatic heterocycles. The van der Waals surface area contributed by atoms with Crippen LogP contribution < -0.4 is 47.9 Å². The molecule has 0 spiro atoms. The Morgan fingerprint density at radius 1 is 0.444 bits per heavy atom. The molecule has 72 heavy (non-hydrogen) atoms. The first-order valence-electron chi connectivity index (χ1n) is 23.6. The number of rotatable bonds is 23. The lowest BCUT2D eigenvalue weighted by atomic mass is 9.99. The molecule has 0 fully saturated rings. The quantitative estimate of drug-likeness (QED) is 0.0622. The van der Waals surface area contributed by atoms with Gasteiger partial charge in [0.15, 0.2) is 0 Å². The molecular formula is C54H71N9O9. The third kappa shape index (κ3) is 18.8. The lowest BCUT2D eigenvalue weighted by molar-refractivity contribution is -0.135. The van der Waals surface area contributed by atoms with Crippen molar-refractivity contribution in [2.45, 2.75) is 118 Å². The molecule has 386 valence electrons. The van der Waals surface area contributed by atoms with E-state index in [1.165, 1.54) is 73.7 Å². The van der Waals surface area contributed by atoms with E-state index in [4.69, 9.17) is 0 Å². The number of benzene rings is 3. The second kappa shape index (κ2) is 26.4. The average Bonchev–Trinajstić information content (AvgIpc) is 3.30. The Morgan fingerprint density at radius 3 is 1.06 bits per heavy atom. The third-order valence-electron chi connectivity index (χ3n) is 10.8. The van der Waals surface area contributed by atoms with Gasteiger partial charge in [0.2, 0.25) is 35.4 Å². The lowest BCUT2D eigenvalue weighted by Gasteiger charge is -2.30. The number of hydrogen-bond acceptors (Lipinski definition) is 9. The first-order chi connectivity index (χ1) is 33.6. The Kier molecular flexibility index (Phi) is 21.4. The minimum Gasteiger partial charge on any atom is -0.357 e. The predicted octanol–water partition coefficient (Wildman–Crippen LogP) is 3.97. The summed E-state index contributed by atoms with van der Waals surface area (Å²) in [5.74, 6) is -6.46. The smallest absolute Gasteiger partial charge is 0.268 e. The van der Waals surface area contributed by atoms with E-state index < -0.39 is 81.9 Å². The fraction of sp³-hybridized carbons (Fsp3) is 0.389. The van der Waals surface area contributed by atoms with Crippen LogP contribution in [0.3, 0.4) is 0 Å². The predicted molar refractivity (Wildman–Crippen MR) is 277 cm³/mol. The van der Waals surface area contributed by atoms with Crippen LogP contribution in [-0.2, 0) is 43.2 Å². The Hall–Kier alpha value is -7.89. The fourth-order valence-corrected chi connectivity index (χ4v) is 6.79. The molecule has 0 saturated heterocycles. The van der Waals surface area contributed by atoms with Gasteiger partial charge >= 0.3 is 0 Å². The van der Waals surface area contributed by atoms with Gasteiger partial charge in [0.05, 0.1) is 0 Å². The zero-order valence-electron chi connectivity index (χ0n) is 43.3. The van der Waals surface area contributed by atoms with E-state index in [1.54, 1.807) is 91.0 Å². The van der Waals surface area contributed by atoms with Crippen LogP contribution in [-0.4, -0.2) is 88.9 Å². The highest BCUT2D eigenvalue weighted by molar-refractivity contribution is 6.09. The van der Waals surface area contributed by atoms with Gasteiger partial charge in [0.1, 0.15) is 45.8 Å². The summed E-state index contributed by atoms with van der Waals surface area (Å²) < 4.78 is 0. The van der Waals surface area contributed by atoms with E-state index in [2.05, 4.69) is 47.9 Å². The van der Waals surface area contributed by atoms with E-state index in [0.29, 0.717) is 29.5 Å². The normalized spacial score (nSPS) is 13.2. The fourth-order valence-electron chi connectivity index (χ4n) is 6.79. The molecule has 3 aromatic rings. The largest absolute Gasteiger partial charge is 0.357 e. The second-order valence-electron chi connectivity index (χ2n) is 19.7. The van der Waals surface area contributed by atoms with Gasteiger partial charge in [-0.3, -0.25) is 43.2 Å². The van der Waals surface area contributed by atoms with Crippen molar-refractivity contribution in [3.05, 3.63) is 125 Å². The van der Waals surface area contributed by atoms with Crippen molar-refractivity contribution in [1.29, 1.82) is 0 Å². The molecule has 0 aliphatic heterocycles. The van der Waals surface area contributed by atoms with Gasteiger partial charge in [0.25, 0.3) is 17.7 Å². The number of amides is 9. The van der Waals surface area contributed by atoms with Crippen molar-refractivity contribution in [2.24, 2.45) is 11.8 Å². The van der Waals surface area contributed by atoms with Crippen LogP contribution in [0.4, 0.5) is 0 Å². The number of nitrogens with one attached hydrogen (secondary N) is 9. The molecule has 9 N–H and O–H groups in total. The summed E-state index contributed by atoms with van der Waals surface area (Å²) in [6.07, 6.45) is 4.80. The molecule has 0 unspecified atom stereocenters. The molecule has 18 heteroatoms. The zero-order chi connectivity index (χ0) is 54.0. The molecule has 0 bridgehead atoms.